The van der Waals surface area contributed by atoms with Crippen LogP contribution < -0.4 is 9.62 Å². The number of anilines is 1. The van der Waals surface area contributed by atoms with Gasteiger partial charge in [0.2, 0.25) is 21.8 Å². The number of carbonyl (C=O) groups excluding carboxylic acids is 2. The van der Waals surface area contributed by atoms with E-state index in [1.807, 2.05) is 31.2 Å². The molecule has 0 radical (unpaired) electrons. The maximum atomic E-state index is 13.4. The smallest absolute Gasteiger partial charge is 0.271 e. The van der Waals surface area contributed by atoms with Crippen molar-refractivity contribution in [2.75, 3.05) is 24.2 Å². The zero-order chi connectivity index (χ0) is 24.8. The number of nitrogens with zero attached hydrogens (tertiary/aromatic N) is 3. The van der Waals surface area contributed by atoms with Crippen LogP contribution in [0.4, 0.5) is 11.4 Å². The van der Waals surface area contributed by atoms with Gasteiger partial charge < -0.3 is 10.2 Å². The van der Waals surface area contributed by atoms with E-state index < -0.39 is 33.4 Å². The summed E-state index contributed by atoms with van der Waals surface area (Å²) in [6.07, 6.45) is 1.23. The van der Waals surface area contributed by atoms with Gasteiger partial charge in [-0.1, -0.05) is 42.8 Å². The van der Waals surface area contributed by atoms with Crippen molar-refractivity contribution in [1.29, 1.82) is 0 Å². The van der Waals surface area contributed by atoms with Gasteiger partial charge in [0.05, 0.1) is 16.9 Å². The first-order valence-electron chi connectivity index (χ1n) is 10.3. The van der Waals surface area contributed by atoms with Crippen LogP contribution in [0.3, 0.4) is 0 Å². The van der Waals surface area contributed by atoms with E-state index in [0.29, 0.717) is 6.42 Å². The molecule has 2 amide bonds. The number of non-ortho nitro benzene ring substituents is 1. The summed E-state index contributed by atoms with van der Waals surface area (Å²) in [6, 6.07) is 11.7. The third-order valence-corrected chi connectivity index (χ3v) is 6.22. The van der Waals surface area contributed by atoms with Crippen molar-refractivity contribution in [2.24, 2.45) is 0 Å². The predicted molar refractivity (Wildman–Crippen MR) is 125 cm³/mol. The third kappa shape index (κ3) is 6.75. The first kappa shape index (κ1) is 25.8. The van der Waals surface area contributed by atoms with Crippen molar-refractivity contribution in [3.8, 4) is 0 Å². The van der Waals surface area contributed by atoms with Gasteiger partial charge >= 0.3 is 0 Å². The average Bonchev–Trinajstić information content (AvgIpc) is 2.76. The number of hydrogen-bond donors (Lipinski definition) is 1. The molecule has 2 aromatic carbocycles. The number of hydrogen-bond acceptors (Lipinski definition) is 6. The first-order chi connectivity index (χ1) is 15.5. The summed E-state index contributed by atoms with van der Waals surface area (Å²) >= 11 is 0. The minimum absolute atomic E-state index is 0.0106. The van der Waals surface area contributed by atoms with Crippen LogP contribution in [-0.2, 0) is 26.2 Å². The van der Waals surface area contributed by atoms with Crippen LogP contribution in [0.25, 0.3) is 0 Å². The van der Waals surface area contributed by atoms with Gasteiger partial charge in [0.1, 0.15) is 12.6 Å². The minimum atomic E-state index is -3.96. The molecule has 0 bridgehead atoms. The Labute approximate surface area is 193 Å². The molecule has 2 aromatic rings. The molecular weight excluding hydrogens is 448 g/mol. The Morgan fingerprint density at radius 1 is 1.15 bits per heavy atom. The Morgan fingerprint density at radius 3 is 2.36 bits per heavy atom. The van der Waals surface area contributed by atoms with E-state index in [-0.39, 0.29) is 23.8 Å². The normalized spacial score (nSPS) is 12.0. The molecule has 0 saturated carbocycles. The zero-order valence-electron chi connectivity index (χ0n) is 19.0. The number of sulfonamides is 1. The molecule has 10 nitrogen and oxygen atoms in total. The number of likely N-dealkylation sites (N-methyl/N-ethyl adjacent to an activating group) is 1. The molecule has 2 rings (SSSR count). The molecule has 0 unspecified atom stereocenters. The van der Waals surface area contributed by atoms with Crippen molar-refractivity contribution in [1.82, 2.24) is 10.2 Å². The maximum absolute atomic E-state index is 13.4. The van der Waals surface area contributed by atoms with E-state index in [0.717, 1.165) is 27.8 Å². The molecule has 0 aliphatic heterocycles. The highest BCUT2D eigenvalue weighted by Crippen LogP contribution is 2.24. The Balaban J connectivity index is 2.46. The van der Waals surface area contributed by atoms with E-state index in [2.05, 4.69) is 5.32 Å². The highest BCUT2D eigenvalue weighted by Gasteiger charge is 2.31. The van der Waals surface area contributed by atoms with Crippen LogP contribution in [0.15, 0.2) is 48.5 Å². The quantitative estimate of drug-likeness (QED) is 0.413. The average molecular weight is 477 g/mol. The van der Waals surface area contributed by atoms with Gasteiger partial charge in [-0.25, -0.2) is 8.42 Å². The lowest BCUT2D eigenvalue weighted by Gasteiger charge is -2.32. The molecule has 0 heterocycles. The molecule has 0 aliphatic rings. The van der Waals surface area contributed by atoms with Crippen LogP contribution in [0.2, 0.25) is 0 Å². The van der Waals surface area contributed by atoms with Gasteiger partial charge in [-0.3, -0.25) is 24.0 Å². The molecule has 0 saturated heterocycles. The molecular formula is C22H28N4O6S. The zero-order valence-corrected chi connectivity index (χ0v) is 19.8. The fourth-order valence-corrected chi connectivity index (χ4v) is 4.31. The van der Waals surface area contributed by atoms with Crippen molar-refractivity contribution in [3.05, 3.63) is 69.8 Å². The first-order valence-corrected chi connectivity index (χ1v) is 12.1. The summed E-state index contributed by atoms with van der Waals surface area (Å²) in [5, 5.41) is 13.7. The van der Waals surface area contributed by atoms with Gasteiger partial charge in [0.25, 0.3) is 5.69 Å². The van der Waals surface area contributed by atoms with Crippen molar-refractivity contribution in [2.45, 2.75) is 32.9 Å². The minimum Gasteiger partial charge on any atom is -0.357 e. The van der Waals surface area contributed by atoms with E-state index in [1.165, 1.54) is 30.1 Å². The number of rotatable bonds is 10. The number of nitro groups is 1. The Kier molecular flexibility index (Phi) is 8.52. The number of nitro benzene ring substituents is 1. The summed E-state index contributed by atoms with van der Waals surface area (Å²) in [6.45, 7) is 3.14. The van der Waals surface area contributed by atoms with Gasteiger partial charge in [-0.15, -0.1) is 0 Å². The van der Waals surface area contributed by atoms with Gasteiger partial charge in [0, 0.05) is 25.7 Å². The standard InChI is InChI=1S/C22H28N4O6S/c1-5-20(22(28)23-3)24(14-17-9-6-8-16(2)12-17)21(27)15-25(33(4,31)32)18-10-7-11-19(13-18)26(29)30/h6-13,20H,5,14-15H2,1-4H3,(H,23,28)/t20-/m1/s1. The summed E-state index contributed by atoms with van der Waals surface area (Å²) < 4.78 is 25.8. The lowest BCUT2D eigenvalue weighted by atomic mass is 10.1. The molecule has 0 aromatic heterocycles. The largest absolute Gasteiger partial charge is 0.357 e. The fourth-order valence-electron chi connectivity index (χ4n) is 3.47. The van der Waals surface area contributed by atoms with Crippen LogP contribution >= 0.6 is 0 Å². The molecule has 0 aliphatic carbocycles. The molecule has 1 atom stereocenters. The van der Waals surface area contributed by atoms with Crippen LogP contribution in [0, 0.1) is 17.0 Å². The summed E-state index contributed by atoms with van der Waals surface area (Å²) in [7, 11) is -2.50. The summed E-state index contributed by atoms with van der Waals surface area (Å²) in [4.78, 5) is 37.7. The van der Waals surface area contributed by atoms with E-state index in [9.17, 15) is 28.1 Å². The summed E-state index contributed by atoms with van der Waals surface area (Å²) in [5.74, 6) is -0.983. The van der Waals surface area contributed by atoms with Gasteiger partial charge in [-0.05, 0) is 25.0 Å². The maximum Gasteiger partial charge on any atom is 0.271 e. The second kappa shape index (κ2) is 10.9. The monoisotopic (exact) mass is 476 g/mol. The molecule has 178 valence electrons. The second-order valence-electron chi connectivity index (χ2n) is 7.60. The van der Waals surface area contributed by atoms with Gasteiger partial charge in [0.15, 0.2) is 0 Å². The number of carbonyl (C=O) groups is 2. The summed E-state index contributed by atoms with van der Waals surface area (Å²) in [5.41, 5.74) is 1.44. The predicted octanol–water partition coefficient (Wildman–Crippen LogP) is 2.22. The molecule has 11 heteroatoms. The molecule has 0 spiro atoms. The Hall–Kier alpha value is -3.47. The highest BCUT2D eigenvalue weighted by atomic mass is 32.2. The van der Waals surface area contributed by atoms with Crippen LogP contribution in [-0.4, -0.2) is 55.9 Å². The van der Waals surface area contributed by atoms with Crippen LogP contribution in [0.5, 0.6) is 0 Å². The fraction of sp³-hybridized carbons (Fsp3) is 0.364. The SMILES string of the molecule is CC[C@H](C(=O)NC)N(Cc1cccc(C)c1)C(=O)CN(c1cccc([N+](=O)[O-])c1)S(C)(=O)=O. The van der Waals surface area contributed by atoms with E-state index >= 15 is 0 Å². The van der Waals surface area contributed by atoms with Gasteiger partial charge in [-0.2, -0.15) is 0 Å². The van der Waals surface area contributed by atoms with Crippen molar-refractivity contribution < 1.29 is 22.9 Å². The lowest BCUT2D eigenvalue weighted by Crippen LogP contribution is -2.51. The number of aryl methyl sites for hydroxylation is 1. The van der Waals surface area contributed by atoms with Crippen molar-refractivity contribution >= 4 is 33.2 Å². The number of nitrogens with one attached hydrogen (secondary N) is 1. The Bertz CT molecular complexity index is 1140. The molecule has 0 fully saturated rings. The lowest BCUT2D eigenvalue weighted by molar-refractivity contribution is -0.384. The van der Waals surface area contributed by atoms with E-state index in [4.69, 9.17) is 0 Å². The number of amides is 2. The topological polar surface area (TPSA) is 130 Å². The highest BCUT2D eigenvalue weighted by molar-refractivity contribution is 7.92. The Morgan fingerprint density at radius 2 is 1.82 bits per heavy atom. The second-order valence-corrected chi connectivity index (χ2v) is 9.50. The molecule has 33 heavy (non-hydrogen) atoms. The van der Waals surface area contributed by atoms with Crippen LogP contribution in [0.1, 0.15) is 24.5 Å². The number of benzene rings is 2. The van der Waals surface area contributed by atoms with E-state index in [1.54, 1.807) is 6.92 Å². The third-order valence-electron chi connectivity index (χ3n) is 5.08. The van der Waals surface area contributed by atoms with Crippen molar-refractivity contribution in [3.63, 3.8) is 0 Å². The molecule has 1 N–H and O–H groups in total.